The van der Waals surface area contributed by atoms with E-state index in [4.69, 9.17) is 5.11 Å². The van der Waals surface area contributed by atoms with Crippen molar-refractivity contribution in [1.82, 2.24) is 4.98 Å². The number of aromatic carboxylic acids is 1. The zero-order chi connectivity index (χ0) is 15.6. The molecular formula is C14H14N2O4S. The third-order valence-corrected chi connectivity index (χ3v) is 4.43. The smallest absolute Gasteiger partial charge is 0.335 e. The van der Waals surface area contributed by atoms with Crippen LogP contribution in [-0.4, -0.2) is 24.5 Å². The van der Waals surface area contributed by atoms with E-state index < -0.39 is 16.0 Å². The summed E-state index contributed by atoms with van der Waals surface area (Å²) >= 11 is 0. The summed E-state index contributed by atoms with van der Waals surface area (Å²) < 4.78 is 27.1. The number of carboxylic acids is 1. The molecule has 0 aliphatic heterocycles. The number of nitrogens with one attached hydrogen (secondary N) is 1. The van der Waals surface area contributed by atoms with Crippen LogP contribution in [0.4, 0.5) is 5.82 Å². The lowest BCUT2D eigenvalue weighted by Gasteiger charge is -2.11. The minimum absolute atomic E-state index is 0.0462. The molecule has 0 amide bonds. The van der Waals surface area contributed by atoms with Gasteiger partial charge in [0, 0.05) is 5.69 Å². The van der Waals surface area contributed by atoms with Crippen LogP contribution in [-0.2, 0) is 10.0 Å². The molecule has 110 valence electrons. The highest BCUT2D eigenvalue weighted by Crippen LogP contribution is 2.21. The molecule has 1 aromatic carbocycles. The van der Waals surface area contributed by atoms with Crippen LogP contribution in [0, 0.1) is 13.8 Å². The molecule has 0 aliphatic carbocycles. The van der Waals surface area contributed by atoms with Crippen molar-refractivity contribution in [3.05, 3.63) is 53.2 Å². The molecule has 2 rings (SSSR count). The third-order valence-electron chi connectivity index (χ3n) is 2.93. The lowest BCUT2D eigenvalue weighted by molar-refractivity contribution is 0.0696. The van der Waals surface area contributed by atoms with Crippen molar-refractivity contribution >= 4 is 21.8 Å². The van der Waals surface area contributed by atoms with Gasteiger partial charge in [0.15, 0.2) is 0 Å². The Hall–Kier alpha value is -2.41. The van der Waals surface area contributed by atoms with Gasteiger partial charge in [0.2, 0.25) is 0 Å². The van der Waals surface area contributed by atoms with Crippen molar-refractivity contribution < 1.29 is 18.3 Å². The van der Waals surface area contributed by atoms with Crippen molar-refractivity contribution in [2.24, 2.45) is 0 Å². The Morgan fingerprint density at radius 2 is 1.81 bits per heavy atom. The number of hydrogen-bond acceptors (Lipinski definition) is 4. The highest BCUT2D eigenvalue weighted by atomic mass is 32.2. The van der Waals surface area contributed by atoms with Crippen LogP contribution in [0.2, 0.25) is 0 Å². The van der Waals surface area contributed by atoms with E-state index in [2.05, 4.69) is 9.71 Å². The second kappa shape index (κ2) is 5.53. The Kier molecular flexibility index (Phi) is 3.95. The molecule has 1 aromatic heterocycles. The number of nitrogens with zero attached hydrogens (tertiary/aromatic N) is 1. The topological polar surface area (TPSA) is 96.4 Å². The molecule has 2 aromatic rings. The van der Waals surface area contributed by atoms with Crippen molar-refractivity contribution in [2.45, 2.75) is 18.7 Å². The molecule has 0 atom stereocenters. The van der Waals surface area contributed by atoms with E-state index in [0.29, 0.717) is 5.69 Å². The van der Waals surface area contributed by atoms with Crippen LogP contribution >= 0.6 is 0 Å². The lowest BCUT2D eigenvalue weighted by atomic mass is 10.1. The van der Waals surface area contributed by atoms with Gasteiger partial charge in [-0.1, -0.05) is 12.1 Å². The molecule has 6 nitrogen and oxygen atoms in total. The van der Waals surface area contributed by atoms with Gasteiger partial charge in [-0.15, -0.1) is 0 Å². The molecule has 0 radical (unpaired) electrons. The Labute approximate surface area is 122 Å². The summed E-state index contributed by atoms with van der Waals surface area (Å²) in [5.41, 5.74) is 0.812. The van der Waals surface area contributed by atoms with E-state index in [1.54, 1.807) is 19.1 Å². The van der Waals surface area contributed by atoms with E-state index in [1.807, 2.05) is 0 Å². The number of carboxylic acid groups (broad SMARTS) is 1. The molecule has 0 spiro atoms. The average molecular weight is 306 g/mol. The molecule has 0 saturated heterocycles. The molecule has 7 heteroatoms. The van der Waals surface area contributed by atoms with Crippen molar-refractivity contribution in [2.75, 3.05) is 4.72 Å². The van der Waals surface area contributed by atoms with Gasteiger partial charge >= 0.3 is 5.97 Å². The first-order chi connectivity index (χ1) is 9.81. The van der Waals surface area contributed by atoms with E-state index >= 15 is 0 Å². The van der Waals surface area contributed by atoms with Gasteiger partial charge in [-0.05, 0) is 43.7 Å². The van der Waals surface area contributed by atoms with Gasteiger partial charge in [0.05, 0.1) is 10.5 Å². The third kappa shape index (κ3) is 3.19. The number of sulfonamides is 1. The fourth-order valence-electron chi connectivity index (χ4n) is 1.93. The maximum Gasteiger partial charge on any atom is 0.335 e. The monoisotopic (exact) mass is 306 g/mol. The fourth-order valence-corrected chi connectivity index (χ4v) is 3.20. The van der Waals surface area contributed by atoms with Crippen LogP contribution in [0.15, 0.2) is 41.3 Å². The van der Waals surface area contributed by atoms with E-state index in [9.17, 15) is 13.2 Å². The number of rotatable bonds is 4. The number of benzene rings is 1. The number of hydrogen-bond donors (Lipinski definition) is 2. The predicted molar refractivity (Wildman–Crippen MR) is 77.9 cm³/mol. The molecular weight excluding hydrogens is 292 g/mol. The highest BCUT2D eigenvalue weighted by molar-refractivity contribution is 7.92. The normalized spacial score (nSPS) is 11.1. The fraction of sp³-hybridized carbons (Fsp3) is 0.143. The Balaban J connectivity index is 2.45. The molecule has 0 unspecified atom stereocenters. The number of carbonyl (C=O) groups is 1. The number of anilines is 1. The van der Waals surface area contributed by atoms with Crippen molar-refractivity contribution in [1.29, 1.82) is 0 Å². The molecule has 2 N–H and O–H groups in total. The molecule has 21 heavy (non-hydrogen) atoms. The second-order valence-electron chi connectivity index (χ2n) is 4.50. The maximum atomic E-state index is 12.4. The maximum absolute atomic E-state index is 12.4. The van der Waals surface area contributed by atoms with Gasteiger partial charge in [-0.3, -0.25) is 4.72 Å². The van der Waals surface area contributed by atoms with Gasteiger partial charge in [-0.25, -0.2) is 18.2 Å². The lowest BCUT2D eigenvalue weighted by Crippen LogP contribution is -2.16. The summed E-state index contributed by atoms with van der Waals surface area (Å²) in [6.07, 6.45) is 0. The minimum Gasteiger partial charge on any atom is -0.478 e. The first kappa shape index (κ1) is 15.0. The number of aryl methyl sites for hydroxylation is 1. The van der Waals surface area contributed by atoms with Gasteiger partial charge in [0.25, 0.3) is 10.0 Å². The van der Waals surface area contributed by atoms with E-state index in [0.717, 1.165) is 0 Å². The highest BCUT2D eigenvalue weighted by Gasteiger charge is 2.21. The first-order valence-electron chi connectivity index (χ1n) is 6.10. The molecule has 0 saturated carbocycles. The SMILES string of the molecule is Cc1cccc(NS(=O)(=O)c2cccc(C(=O)O)c2C)n1. The van der Waals surface area contributed by atoms with Crippen LogP contribution in [0.25, 0.3) is 0 Å². The van der Waals surface area contributed by atoms with Crippen LogP contribution in [0.3, 0.4) is 0 Å². The number of pyridine rings is 1. The van der Waals surface area contributed by atoms with Crippen molar-refractivity contribution in [3.63, 3.8) is 0 Å². The summed E-state index contributed by atoms with van der Waals surface area (Å²) in [6.45, 7) is 3.20. The summed E-state index contributed by atoms with van der Waals surface area (Å²) in [7, 11) is -3.89. The quantitative estimate of drug-likeness (QED) is 0.902. The molecule has 0 bridgehead atoms. The predicted octanol–water partition coefficient (Wildman–Crippen LogP) is 2.20. The zero-order valence-electron chi connectivity index (χ0n) is 11.5. The van der Waals surface area contributed by atoms with E-state index in [-0.39, 0.29) is 21.8 Å². The van der Waals surface area contributed by atoms with Crippen LogP contribution in [0.1, 0.15) is 21.6 Å². The Bertz CT molecular complexity index is 800. The van der Waals surface area contributed by atoms with Gasteiger partial charge in [0.1, 0.15) is 5.82 Å². The molecule has 0 fully saturated rings. The largest absolute Gasteiger partial charge is 0.478 e. The Morgan fingerprint density at radius 1 is 1.14 bits per heavy atom. The van der Waals surface area contributed by atoms with E-state index in [1.165, 1.54) is 31.2 Å². The zero-order valence-corrected chi connectivity index (χ0v) is 12.3. The van der Waals surface area contributed by atoms with Gasteiger partial charge < -0.3 is 5.11 Å². The molecule has 0 aliphatic rings. The van der Waals surface area contributed by atoms with Gasteiger partial charge in [-0.2, -0.15) is 0 Å². The average Bonchev–Trinajstić information content (AvgIpc) is 2.37. The van der Waals surface area contributed by atoms with Crippen LogP contribution in [0.5, 0.6) is 0 Å². The first-order valence-corrected chi connectivity index (χ1v) is 7.59. The standard InChI is InChI=1S/C14H14N2O4S/c1-9-5-3-8-13(15-9)16-21(19,20)12-7-4-6-11(10(12)2)14(17)18/h3-8H,1-2H3,(H,15,16)(H,17,18). The second-order valence-corrected chi connectivity index (χ2v) is 6.15. The molecule has 1 heterocycles. The van der Waals surface area contributed by atoms with Crippen LogP contribution < -0.4 is 4.72 Å². The summed E-state index contributed by atoms with van der Waals surface area (Å²) in [4.78, 5) is 15.1. The minimum atomic E-state index is -3.89. The summed E-state index contributed by atoms with van der Waals surface area (Å²) in [6, 6.07) is 9.08. The number of aromatic nitrogens is 1. The Morgan fingerprint density at radius 3 is 2.43 bits per heavy atom. The summed E-state index contributed by atoms with van der Waals surface area (Å²) in [5.74, 6) is -0.978. The summed E-state index contributed by atoms with van der Waals surface area (Å²) in [5, 5.41) is 9.05. The van der Waals surface area contributed by atoms with Crippen molar-refractivity contribution in [3.8, 4) is 0 Å².